The van der Waals surface area contributed by atoms with E-state index >= 15 is 0 Å². The summed E-state index contributed by atoms with van der Waals surface area (Å²) in [4.78, 5) is 15.3. The van der Waals surface area contributed by atoms with Crippen LogP contribution in [0.25, 0.3) is 0 Å². The molecule has 142 valence electrons. The van der Waals surface area contributed by atoms with Gasteiger partial charge < -0.3 is 15.2 Å². The summed E-state index contributed by atoms with van der Waals surface area (Å²) < 4.78 is 2.13. The Kier molecular flexibility index (Phi) is 5.36. The topological polar surface area (TPSA) is 74.7 Å². The molecular weight excluding hydrogens is 326 g/mol. The number of aromatic nitrogens is 5. The Morgan fingerprint density at radius 1 is 1.27 bits per heavy atom. The molecular formula is C19H31N7. The van der Waals surface area contributed by atoms with Gasteiger partial charge in [-0.15, -0.1) is 0 Å². The van der Waals surface area contributed by atoms with Crippen LogP contribution in [0.4, 0.5) is 0 Å². The quantitative estimate of drug-likeness (QED) is 0.826. The monoisotopic (exact) mass is 357 g/mol. The predicted octanol–water partition coefficient (Wildman–Crippen LogP) is 1.92. The number of rotatable bonds is 6. The SMILES string of the molecule is CCCCn1nc(CC2CCN(C)CC2)nc1C1NCCc2[nH]cnc21. The minimum Gasteiger partial charge on any atom is -0.348 e. The summed E-state index contributed by atoms with van der Waals surface area (Å²) in [5.74, 6) is 2.76. The Balaban J connectivity index is 1.56. The number of nitrogens with zero attached hydrogens (tertiary/aromatic N) is 5. The summed E-state index contributed by atoms with van der Waals surface area (Å²) in [5, 5.41) is 8.51. The molecule has 7 nitrogen and oxygen atoms in total. The molecule has 4 rings (SSSR count). The largest absolute Gasteiger partial charge is 0.348 e. The Hall–Kier alpha value is -1.73. The van der Waals surface area contributed by atoms with Gasteiger partial charge in [0.1, 0.15) is 6.04 Å². The average molecular weight is 358 g/mol. The number of imidazole rings is 1. The zero-order valence-corrected chi connectivity index (χ0v) is 16.0. The molecule has 4 heterocycles. The number of fused-ring (bicyclic) bond motifs is 1. The first-order chi connectivity index (χ1) is 12.7. The Labute approximate surface area is 155 Å². The van der Waals surface area contributed by atoms with Crippen LogP contribution >= 0.6 is 0 Å². The van der Waals surface area contributed by atoms with Crippen molar-refractivity contribution < 1.29 is 0 Å². The second-order valence-corrected chi connectivity index (χ2v) is 7.82. The predicted molar refractivity (Wildman–Crippen MR) is 101 cm³/mol. The normalized spacial score (nSPS) is 21.8. The van der Waals surface area contributed by atoms with Crippen LogP contribution in [0.15, 0.2) is 6.33 Å². The first kappa shape index (κ1) is 17.7. The van der Waals surface area contributed by atoms with Crippen LogP contribution in [0.1, 0.15) is 61.7 Å². The second-order valence-electron chi connectivity index (χ2n) is 7.82. The van der Waals surface area contributed by atoms with E-state index in [0.717, 1.165) is 56.1 Å². The van der Waals surface area contributed by atoms with Crippen LogP contribution in [-0.4, -0.2) is 56.3 Å². The molecule has 2 aliphatic heterocycles. The van der Waals surface area contributed by atoms with Gasteiger partial charge in [0.05, 0.1) is 12.0 Å². The third-order valence-electron chi connectivity index (χ3n) is 5.78. The van der Waals surface area contributed by atoms with Crippen LogP contribution in [-0.2, 0) is 19.4 Å². The van der Waals surface area contributed by atoms with Crippen molar-refractivity contribution in [3.63, 3.8) is 0 Å². The highest BCUT2D eigenvalue weighted by Crippen LogP contribution is 2.26. The number of piperidine rings is 1. The lowest BCUT2D eigenvalue weighted by Gasteiger charge is -2.28. The molecule has 0 amide bonds. The van der Waals surface area contributed by atoms with Gasteiger partial charge in [-0.2, -0.15) is 5.10 Å². The molecule has 0 aliphatic carbocycles. The summed E-state index contributed by atoms with van der Waals surface area (Å²) >= 11 is 0. The molecule has 0 spiro atoms. The molecule has 1 saturated heterocycles. The van der Waals surface area contributed by atoms with Gasteiger partial charge >= 0.3 is 0 Å². The van der Waals surface area contributed by atoms with Crippen LogP contribution in [0.2, 0.25) is 0 Å². The van der Waals surface area contributed by atoms with Gasteiger partial charge in [0.25, 0.3) is 0 Å². The van der Waals surface area contributed by atoms with E-state index in [1.54, 1.807) is 6.33 Å². The fraction of sp³-hybridized carbons (Fsp3) is 0.737. The number of nitrogens with one attached hydrogen (secondary N) is 2. The van der Waals surface area contributed by atoms with Gasteiger partial charge in [-0.1, -0.05) is 13.3 Å². The van der Waals surface area contributed by atoms with Crippen LogP contribution in [0.3, 0.4) is 0 Å². The summed E-state index contributed by atoms with van der Waals surface area (Å²) in [5.41, 5.74) is 2.32. The Morgan fingerprint density at radius 3 is 2.92 bits per heavy atom. The van der Waals surface area contributed by atoms with E-state index in [1.807, 2.05) is 0 Å². The van der Waals surface area contributed by atoms with E-state index in [-0.39, 0.29) is 6.04 Å². The minimum absolute atomic E-state index is 0.0561. The van der Waals surface area contributed by atoms with E-state index in [2.05, 4.69) is 38.8 Å². The van der Waals surface area contributed by atoms with Crippen LogP contribution < -0.4 is 5.32 Å². The van der Waals surface area contributed by atoms with Gasteiger partial charge in [-0.05, 0) is 45.3 Å². The molecule has 0 saturated carbocycles. The van der Waals surface area contributed by atoms with Crippen molar-refractivity contribution in [3.8, 4) is 0 Å². The van der Waals surface area contributed by atoms with Crippen molar-refractivity contribution in [2.75, 3.05) is 26.7 Å². The molecule has 1 unspecified atom stereocenters. The van der Waals surface area contributed by atoms with Crippen molar-refractivity contribution in [3.05, 3.63) is 29.4 Å². The molecule has 2 aromatic heterocycles. The Bertz CT molecular complexity index is 711. The van der Waals surface area contributed by atoms with E-state index in [0.29, 0.717) is 5.92 Å². The van der Waals surface area contributed by atoms with Crippen molar-refractivity contribution in [2.24, 2.45) is 5.92 Å². The molecule has 1 atom stereocenters. The van der Waals surface area contributed by atoms with E-state index in [1.165, 1.54) is 31.6 Å². The summed E-state index contributed by atoms with van der Waals surface area (Å²) in [6, 6.07) is 0.0561. The van der Waals surface area contributed by atoms with Crippen molar-refractivity contribution >= 4 is 0 Å². The maximum absolute atomic E-state index is 5.00. The first-order valence-electron chi connectivity index (χ1n) is 10.1. The lowest BCUT2D eigenvalue weighted by molar-refractivity contribution is 0.217. The highest BCUT2D eigenvalue weighted by atomic mass is 15.4. The Morgan fingerprint density at radius 2 is 2.12 bits per heavy atom. The number of aryl methyl sites for hydroxylation is 1. The van der Waals surface area contributed by atoms with Gasteiger partial charge in [0.2, 0.25) is 0 Å². The lowest BCUT2D eigenvalue weighted by atomic mass is 9.93. The third-order valence-corrected chi connectivity index (χ3v) is 5.78. The fourth-order valence-electron chi connectivity index (χ4n) is 4.13. The van der Waals surface area contributed by atoms with E-state index in [4.69, 9.17) is 10.1 Å². The number of H-pyrrole nitrogens is 1. The molecule has 2 N–H and O–H groups in total. The highest BCUT2D eigenvalue weighted by Gasteiger charge is 2.29. The fourth-order valence-corrected chi connectivity index (χ4v) is 4.13. The second kappa shape index (κ2) is 7.88. The summed E-state index contributed by atoms with van der Waals surface area (Å²) in [7, 11) is 2.21. The van der Waals surface area contributed by atoms with Crippen molar-refractivity contribution in [1.29, 1.82) is 0 Å². The molecule has 0 bridgehead atoms. The summed E-state index contributed by atoms with van der Waals surface area (Å²) in [6.07, 6.45) is 8.59. The number of unbranched alkanes of at least 4 members (excludes halogenated alkanes) is 1. The molecule has 2 aromatic rings. The number of aromatic amines is 1. The van der Waals surface area contributed by atoms with Crippen molar-refractivity contribution in [2.45, 2.75) is 58.0 Å². The lowest BCUT2D eigenvalue weighted by Crippen LogP contribution is -2.33. The molecule has 2 aliphatic rings. The standard InChI is InChI=1S/C19H31N7/c1-3-4-9-26-19(18-17-15(5-8-20-18)21-13-22-17)23-16(24-26)12-14-6-10-25(2)11-7-14/h13-14,18,20H,3-12H2,1-2H3,(H,21,22). The number of likely N-dealkylation sites (tertiary alicyclic amines) is 1. The smallest absolute Gasteiger partial charge is 0.151 e. The third kappa shape index (κ3) is 3.69. The highest BCUT2D eigenvalue weighted by molar-refractivity contribution is 5.25. The summed E-state index contributed by atoms with van der Waals surface area (Å²) in [6.45, 7) is 6.49. The average Bonchev–Trinajstić information content (AvgIpc) is 3.28. The van der Waals surface area contributed by atoms with Gasteiger partial charge in [-0.25, -0.2) is 14.6 Å². The van der Waals surface area contributed by atoms with Gasteiger partial charge in [0, 0.05) is 31.6 Å². The molecule has 0 radical (unpaired) electrons. The van der Waals surface area contributed by atoms with Crippen LogP contribution in [0, 0.1) is 5.92 Å². The number of hydrogen-bond acceptors (Lipinski definition) is 5. The minimum atomic E-state index is 0.0561. The van der Waals surface area contributed by atoms with Gasteiger partial charge in [-0.3, -0.25) is 0 Å². The maximum Gasteiger partial charge on any atom is 0.151 e. The van der Waals surface area contributed by atoms with Crippen molar-refractivity contribution in [1.82, 2.24) is 34.9 Å². The molecule has 26 heavy (non-hydrogen) atoms. The first-order valence-corrected chi connectivity index (χ1v) is 10.1. The van der Waals surface area contributed by atoms with Crippen LogP contribution in [0.5, 0.6) is 0 Å². The maximum atomic E-state index is 5.00. The number of hydrogen-bond donors (Lipinski definition) is 2. The zero-order chi connectivity index (χ0) is 17.9. The van der Waals surface area contributed by atoms with Gasteiger partial charge in [0.15, 0.2) is 11.6 Å². The molecule has 7 heteroatoms. The zero-order valence-electron chi connectivity index (χ0n) is 16.0. The van der Waals surface area contributed by atoms with E-state index in [9.17, 15) is 0 Å². The molecule has 0 aromatic carbocycles. The molecule has 1 fully saturated rings. The van der Waals surface area contributed by atoms with E-state index < -0.39 is 0 Å².